The molecule has 0 bridgehead atoms. The summed E-state index contributed by atoms with van der Waals surface area (Å²) in [6.45, 7) is 1.99. The first kappa shape index (κ1) is 13.2. The summed E-state index contributed by atoms with van der Waals surface area (Å²) in [7, 11) is 0. The number of carbonyl (C=O) groups excluding carboxylic acids is 1. The van der Waals surface area contributed by atoms with E-state index in [9.17, 15) is 4.79 Å². The van der Waals surface area contributed by atoms with Crippen LogP contribution in [0.2, 0.25) is 0 Å². The summed E-state index contributed by atoms with van der Waals surface area (Å²) < 4.78 is 5.81. The minimum atomic E-state index is -0.546. The molecule has 1 amide bonds. The molecule has 0 fully saturated rings. The Balaban J connectivity index is 1.84. The van der Waals surface area contributed by atoms with E-state index in [1.807, 2.05) is 37.3 Å². The molecule has 0 saturated carbocycles. The van der Waals surface area contributed by atoms with Crippen molar-refractivity contribution < 1.29 is 9.21 Å². The van der Waals surface area contributed by atoms with Crippen LogP contribution in [0.25, 0.3) is 11.0 Å². The fourth-order valence-electron chi connectivity index (χ4n) is 2.19. The number of hydrogen-bond acceptors (Lipinski definition) is 4. The van der Waals surface area contributed by atoms with Gasteiger partial charge in [0.1, 0.15) is 17.0 Å². The van der Waals surface area contributed by atoms with Crippen LogP contribution in [0.15, 0.2) is 53.1 Å². The lowest BCUT2D eigenvalue weighted by atomic mass is 10.2. The van der Waals surface area contributed by atoms with E-state index in [1.54, 1.807) is 18.3 Å². The van der Waals surface area contributed by atoms with Gasteiger partial charge in [0.25, 0.3) is 5.91 Å². The van der Waals surface area contributed by atoms with E-state index in [2.05, 4.69) is 10.3 Å². The van der Waals surface area contributed by atoms with Gasteiger partial charge in [0.15, 0.2) is 0 Å². The van der Waals surface area contributed by atoms with Crippen LogP contribution < -0.4 is 11.1 Å². The third kappa shape index (κ3) is 2.72. The van der Waals surface area contributed by atoms with E-state index in [0.29, 0.717) is 0 Å². The number of anilines is 1. The molecule has 0 spiro atoms. The molecule has 2 heterocycles. The Labute approximate surface area is 121 Å². The van der Waals surface area contributed by atoms with Crippen molar-refractivity contribution in [3.8, 4) is 0 Å². The van der Waals surface area contributed by atoms with Crippen LogP contribution in [0.1, 0.15) is 29.2 Å². The molecule has 0 radical (unpaired) electrons. The maximum Gasteiger partial charge on any atom is 0.267 e. The summed E-state index contributed by atoms with van der Waals surface area (Å²) in [5, 5.41) is 4.34. The van der Waals surface area contributed by atoms with Gasteiger partial charge >= 0.3 is 0 Å². The van der Waals surface area contributed by atoms with Gasteiger partial charge in [-0.1, -0.05) is 18.2 Å². The molecule has 106 valence electrons. The first-order chi connectivity index (χ1) is 10.1. The van der Waals surface area contributed by atoms with Gasteiger partial charge in [-0.2, -0.15) is 0 Å². The van der Waals surface area contributed by atoms with Crippen LogP contribution in [-0.4, -0.2) is 10.9 Å². The molecular weight excluding hydrogens is 266 g/mol. The van der Waals surface area contributed by atoms with E-state index in [0.717, 1.165) is 22.4 Å². The normalized spacial score (nSPS) is 12.2. The molecule has 21 heavy (non-hydrogen) atoms. The highest BCUT2D eigenvalue weighted by molar-refractivity contribution is 5.91. The Morgan fingerprint density at radius 2 is 2.10 bits per heavy atom. The molecule has 0 aliphatic carbocycles. The van der Waals surface area contributed by atoms with Crippen LogP contribution >= 0.6 is 0 Å². The zero-order chi connectivity index (χ0) is 14.8. The topological polar surface area (TPSA) is 81.1 Å². The lowest BCUT2D eigenvalue weighted by molar-refractivity contribution is 0.0995. The van der Waals surface area contributed by atoms with Crippen molar-refractivity contribution >= 4 is 22.6 Å². The summed E-state index contributed by atoms with van der Waals surface area (Å²) >= 11 is 0. The van der Waals surface area contributed by atoms with Crippen molar-refractivity contribution in [3.05, 3.63) is 60.1 Å². The molecule has 1 atom stereocenters. The average molecular weight is 281 g/mol. The van der Waals surface area contributed by atoms with Gasteiger partial charge in [-0.05, 0) is 31.2 Å². The Hall–Kier alpha value is -2.82. The van der Waals surface area contributed by atoms with Crippen molar-refractivity contribution in [2.45, 2.75) is 13.0 Å². The van der Waals surface area contributed by atoms with Crippen LogP contribution in [0.4, 0.5) is 5.69 Å². The first-order valence-electron chi connectivity index (χ1n) is 6.64. The second-order valence-electron chi connectivity index (χ2n) is 4.85. The molecule has 2 aromatic heterocycles. The number of para-hydroxylation sites is 1. The molecule has 1 aromatic carbocycles. The van der Waals surface area contributed by atoms with Gasteiger partial charge in [0.2, 0.25) is 0 Å². The van der Waals surface area contributed by atoms with Crippen molar-refractivity contribution in [2.75, 3.05) is 5.32 Å². The Kier molecular flexibility index (Phi) is 3.31. The van der Waals surface area contributed by atoms with Crippen LogP contribution in [-0.2, 0) is 0 Å². The third-order valence-electron chi connectivity index (χ3n) is 3.27. The molecule has 3 N–H and O–H groups in total. The second kappa shape index (κ2) is 5.28. The summed E-state index contributed by atoms with van der Waals surface area (Å²) in [5.41, 5.74) is 7.09. The highest BCUT2D eigenvalue weighted by atomic mass is 16.3. The minimum Gasteiger partial charge on any atom is -0.459 e. The van der Waals surface area contributed by atoms with Crippen LogP contribution in [0, 0.1) is 0 Å². The van der Waals surface area contributed by atoms with Crippen molar-refractivity contribution in [3.63, 3.8) is 0 Å². The zero-order valence-electron chi connectivity index (χ0n) is 11.5. The number of hydrogen-bond donors (Lipinski definition) is 2. The lowest BCUT2D eigenvalue weighted by Gasteiger charge is -2.13. The maximum absolute atomic E-state index is 11.1. The Bertz CT molecular complexity index is 762. The van der Waals surface area contributed by atoms with Gasteiger partial charge in [0.05, 0.1) is 6.04 Å². The third-order valence-corrected chi connectivity index (χ3v) is 3.27. The number of primary amides is 1. The molecular formula is C16H15N3O2. The summed E-state index contributed by atoms with van der Waals surface area (Å²) in [6.07, 6.45) is 1.55. The fourth-order valence-corrected chi connectivity index (χ4v) is 2.19. The summed E-state index contributed by atoms with van der Waals surface area (Å²) in [4.78, 5) is 15.1. The molecule has 5 nitrogen and oxygen atoms in total. The van der Waals surface area contributed by atoms with Gasteiger partial charge < -0.3 is 15.5 Å². The summed E-state index contributed by atoms with van der Waals surface area (Å²) in [5.74, 6) is 0.281. The largest absolute Gasteiger partial charge is 0.459 e. The number of nitrogens with zero attached hydrogens (tertiary/aromatic N) is 1. The molecule has 3 aromatic rings. The Morgan fingerprint density at radius 3 is 2.86 bits per heavy atom. The number of fused-ring (bicyclic) bond motifs is 1. The monoisotopic (exact) mass is 281 g/mol. The lowest BCUT2D eigenvalue weighted by Crippen LogP contribution is -2.14. The van der Waals surface area contributed by atoms with E-state index in [1.165, 1.54) is 0 Å². The number of nitrogens with one attached hydrogen (secondary N) is 1. The Morgan fingerprint density at radius 1 is 1.29 bits per heavy atom. The number of pyridine rings is 1. The smallest absolute Gasteiger partial charge is 0.267 e. The number of aromatic nitrogens is 1. The number of amides is 1. The van der Waals surface area contributed by atoms with Crippen LogP contribution in [0.5, 0.6) is 0 Å². The zero-order valence-corrected chi connectivity index (χ0v) is 11.5. The van der Waals surface area contributed by atoms with Gasteiger partial charge in [-0.25, -0.2) is 0 Å². The standard InChI is InChI=1S/C16H15N3O2/c1-10(15-8-11-4-2-3-5-14(11)21-15)19-12-6-7-18-13(9-12)16(17)20/h2-10H,1H3,(H2,17,20)(H,18,19)/t10-/m1/s1. The molecule has 0 unspecified atom stereocenters. The van der Waals surface area contributed by atoms with Gasteiger partial charge in [0, 0.05) is 17.3 Å². The predicted octanol–water partition coefficient (Wildman–Crippen LogP) is 3.10. The minimum absolute atomic E-state index is 0.0412. The number of furan rings is 1. The quantitative estimate of drug-likeness (QED) is 0.770. The van der Waals surface area contributed by atoms with Gasteiger partial charge in [-0.15, -0.1) is 0 Å². The second-order valence-corrected chi connectivity index (χ2v) is 4.85. The molecule has 0 aliphatic heterocycles. The van der Waals surface area contributed by atoms with E-state index < -0.39 is 5.91 Å². The van der Waals surface area contributed by atoms with Crippen molar-refractivity contribution in [1.82, 2.24) is 4.98 Å². The molecule has 0 aliphatic rings. The summed E-state index contributed by atoms with van der Waals surface area (Å²) in [6, 6.07) is 13.2. The van der Waals surface area contributed by atoms with E-state index >= 15 is 0 Å². The molecule has 0 saturated heterocycles. The SMILES string of the molecule is C[C@@H](Nc1ccnc(C(N)=O)c1)c1cc2ccccc2o1. The first-order valence-corrected chi connectivity index (χ1v) is 6.64. The average Bonchev–Trinajstić information content (AvgIpc) is 2.91. The maximum atomic E-state index is 11.1. The fraction of sp³-hybridized carbons (Fsp3) is 0.125. The number of carbonyl (C=O) groups is 1. The van der Waals surface area contributed by atoms with Crippen LogP contribution in [0.3, 0.4) is 0 Å². The van der Waals surface area contributed by atoms with E-state index in [-0.39, 0.29) is 11.7 Å². The number of rotatable bonds is 4. The van der Waals surface area contributed by atoms with Crippen molar-refractivity contribution in [2.24, 2.45) is 5.73 Å². The molecule has 5 heteroatoms. The highest BCUT2D eigenvalue weighted by Crippen LogP contribution is 2.26. The highest BCUT2D eigenvalue weighted by Gasteiger charge is 2.12. The predicted molar refractivity (Wildman–Crippen MR) is 81.0 cm³/mol. The molecule has 3 rings (SSSR count). The number of benzene rings is 1. The van der Waals surface area contributed by atoms with Crippen molar-refractivity contribution in [1.29, 1.82) is 0 Å². The number of nitrogens with two attached hydrogens (primary N) is 1. The van der Waals surface area contributed by atoms with Gasteiger partial charge in [-0.3, -0.25) is 9.78 Å². The van der Waals surface area contributed by atoms with E-state index in [4.69, 9.17) is 10.2 Å².